The highest BCUT2D eigenvalue weighted by molar-refractivity contribution is 7.91. The molecule has 0 bridgehead atoms. The Kier molecular flexibility index (Phi) is 4.79. The predicted molar refractivity (Wildman–Crippen MR) is 74.7 cm³/mol. The SMILES string of the molecule is CCN(CC1CCCO1)S(=O)(=O)c1cc(C(=O)O)cs1. The summed E-state index contributed by atoms with van der Waals surface area (Å²) in [5, 5.41) is 10.2. The molecule has 1 saturated heterocycles. The molecule has 8 heteroatoms. The van der Waals surface area contributed by atoms with Crippen molar-refractivity contribution in [3.8, 4) is 0 Å². The minimum Gasteiger partial charge on any atom is -0.478 e. The van der Waals surface area contributed by atoms with Crippen LogP contribution < -0.4 is 0 Å². The van der Waals surface area contributed by atoms with E-state index in [0.717, 1.165) is 24.2 Å². The average Bonchev–Trinajstić information content (AvgIpc) is 3.06. The summed E-state index contributed by atoms with van der Waals surface area (Å²) in [7, 11) is -3.64. The molecule has 1 N–H and O–H groups in total. The van der Waals surface area contributed by atoms with Gasteiger partial charge in [0, 0.05) is 25.1 Å². The maximum Gasteiger partial charge on any atom is 0.336 e. The Labute approximate surface area is 122 Å². The molecule has 1 unspecified atom stereocenters. The first-order chi connectivity index (χ1) is 9.45. The number of carboxylic acids is 1. The number of hydrogen-bond acceptors (Lipinski definition) is 5. The molecule has 0 saturated carbocycles. The fourth-order valence-electron chi connectivity index (χ4n) is 2.10. The topological polar surface area (TPSA) is 83.9 Å². The van der Waals surface area contributed by atoms with E-state index in [-0.39, 0.29) is 15.9 Å². The van der Waals surface area contributed by atoms with Crippen LogP contribution in [-0.2, 0) is 14.8 Å². The van der Waals surface area contributed by atoms with E-state index in [9.17, 15) is 13.2 Å². The number of rotatable bonds is 6. The van der Waals surface area contributed by atoms with Gasteiger partial charge in [0.2, 0.25) is 0 Å². The van der Waals surface area contributed by atoms with Gasteiger partial charge in [-0.1, -0.05) is 6.92 Å². The molecule has 0 radical (unpaired) electrons. The quantitative estimate of drug-likeness (QED) is 0.861. The van der Waals surface area contributed by atoms with Crippen LogP contribution in [0.1, 0.15) is 30.1 Å². The van der Waals surface area contributed by atoms with Crippen LogP contribution in [0.3, 0.4) is 0 Å². The Morgan fingerprint density at radius 1 is 1.60 bits per heavy atom. The monoisotopic (exact) mass is 319 g/mol. The van der Waals surface area contributed by atoms with Crippen molar-refractivity contribution in [3.63, 3.8) is 0 Å². The van der Waals surface area contributed by atoms with Gasteiger partial charge in [0.25, 0.3) is 10.0 Å². The summed E-state index contributed by atoms with van der Waals surface area (Å²) in [6, 6.07) is 1.21. The minimum absolute atomic E-state index is 0.00162. The maximum atomic E-state index is 12.5. The van der Waals surface area contributed by atoms with Gasteiger partial charge in [-0.05, 0) is 18.9 Å². The summed E-state index contributed by atoms with van der Waals surface area (Å²) < 4.78 is 31.8. The fourth-order valence-corrected chi connectivity index (χ4v) is 4.89. The summed E-state index contributed by atoms with van der Waals surface area (Å²) in [5.74, 6) is -1.12. The molecule has 0 spiro atoms. The fraction of sp³-hybridized carbons (Fsp3) is 0.583. The smallest absolute Gasteiger partial charge is 0.336 e. The molecule has 0 aliphatic carbocycles. The predicted octanol–water partition coefficient (Wildman–Crippen LogP) is 1.64. The van der Waals surface area contributed by atoms with Gasteiger partial charge in [-0.3, -0.25) is 0 Å². The van der Waals surface area contributed by atoms with E-state index in [2.05, 4.69) is 0 Å². The molecule has 2 rings (SSSR count). The van der Waals surface area contributed by atoms with Gasteiger partial charge in [0.15, 0.2) is 0 Å². The highest BCUT2D eigenvalue weighted by atomic mass is 32.2. The van der Waals surface area contributed by atoms with Gasteiger partial charge in [-0.15, -0.1) is 11.3 Å². The zero-order chi connectivity index (χ0) is 14.8. The van der Waals surface area contributed by atoms with Crippen molar-refractivity contribution >= 4 is 27.3 Å². The van der Waals surface area contributed by atoms with E-state index in [0.29, 0.717) is 19.7 Å². The Morgan fingerprint density at radius 2 is 2.35 bits per heavy atom. The van der Waals surface area contributed by atoms with Gasteiger partial charge in [0.1, 0.15) is 4.21 Å². The highest BCUT2D eigenvalue weighted by Gasteiger charge is 2.29. The van der Waals surface area contributed by atoms with Crippen LogP contribution >= 0.6 is 11.3 Å². The molecule has 112 valence electrons. The van der Waals surface area contributed by atoms with Crippen molar-refractivity contribution in [3.05, 3.63) is 17.0 Å². The number of ether oxygens (including phenoxy) is 1. The van der Waals surface area contributed by atoms with Gasteiger partial charge in [-0.2, -0.15) is 4.31 Å². The van der Waals surface area contributed by atoms with Crippen molar-refractivity contribution in [2.24, 2.45) is 0 Å². The van der Waals surface area contributed by atoms with Crippen LogP contribution in [0.15, 0.2) is 15.7 Å². The molecule has 0 amide bonds. The van der Waals surface area contributed by atoms with Gasteiger partial charge in [-0.25, -0.2) is 13.2 Å². The third-order valence-corrected chi connectivity index (χ3v) is 6.56. The molecular weight excluding hydrogens is 302 g/mol. The van der Waals surface area contributed by atoms with Gasteiger partial charge in [0.05, 0.1) is 11.7 Å². The van der Waals surface area contributed by atoms with E-state index in [1.807, 2.05) is 0 Å². The number of carbonyl (C=O) groups is 1. The number of sulfonamides is 1. The molecule has 0 aromatic carbocycles. The number of likely N-dealkylation sites (N-methyl/N-ethyl adjacent to an activating group) is 1. The number of hydrogen-bond donors (Lipinski definition) is 1. The molecule has 1 aromatic rings. The first-order valence-electron chi connectivity index (χ1n) is 6.38. The normalized spacial score (nSPS) is 19.6. The van der Waals surface area contributed by atoms with E-state index in [1.165, 1.54) is 15.8 Å². The van der Waals surface area contributed by atoms with Crippen LogP contribution in [-0.4, -0.2) is 49.6 Å². The van der Waals surface area contributed by atoms with Gasteiger partial charge < -0.3 is 9.84 Å². The van der Waals surface area contributed by atoms with E-state index >= 15 is 0 Å². The van der Waals surface area contributed by atoms with Crippen LogP contribution in [0.5, 0.6) is 0 Å². The van der Waals surface area contributed by atoms with E-state index in [4.69, 9.17) is 9.84 Å². The number of nitrogens with zero attached hydrogens (tertiary/aromatic N) is 1. The largest absolute Gasteiger partial charge is 0.478 e. The Hall–Kier alpha value is -0.960. The second-order valence-electron chi connectivity index (χ2n) is 4.55. The second-order valence-corrected chi connectivity index (χ2v) is 7.63. The molecule has 1 atom stereocenters. The zero-order valence-electron chi connectivity index (χ0n) is 11.1. The number of thiophene rings is 1. The van der Waals surface area contributed by atoms with Crippen LogP contribution in [0.25, 0.3) is 0 Å². The molecule has 1 aliphatic rings. The third kappa shape index (κ3) is 3.20. The molecule has 1 aliphatic heterocycles. The van der Waals surface area contributed by atoms with Gasteiger partial charge >= 0.3 is 5.97 Å². The van der Waals surface area contributed by atoms with Crippen molar-refractivity contribution < 1.29 is 23.1 Å². The van der Waals surface area contributed by atoms with Crippen molar-refractivity contribution in [2.45, 2.75) is 30.1 Å². The summed E-state index contributed by atoms with van der Waals surface area (Å²) >= 11 is 0.935. The lowest BCUT2D eigenvalue weighted by Crippen LogP contribution is -2.36. The lowest BCUT2D eigenvalue weighted by Gasteiger charge is -2.22. The summed E-state index contributed by atoms with van der Waals surface area (Å²) in [4.78, 5) is 10.8. The van der Waals surface area contributed by atoms with Crippen LogP contribution in [0, 0.1) is 0 Å². The van der Waals surface area contributed by atoms with E-state index < -0.39 is 16.0 Å². The summed E-state index contributed by atoms with van der Waals surface area (Å²) in [6.07, 6.45) is 1.74. The van der Waals surface area contributed by atoms with Crippen LogP contribution in [0.4, 0.5) is 0 Å². The first-order valence-corrected chi connectivity index (χ1v) is 8.70. The van der Waals surface area contributed by atoms with Crippen molar-refractivity contribution in [1.29, 1.82) is 0 Å². The number of aromatic carboxylic acids is 1. The highest BCUT2D eigenvalue weighted by Crippen LogP contribution is 2.25. The zero-order valence-corrected chi connectivity index (χ0v) is 12.7. The lowest BCUT2D eigenvalue weighted by molar-refractivity contribution is 0.0697. The lowest BCUT2D eigenvalue weighted by atomic mass is 10.2. The third-order valence-electron chi connectivity index (χ3n) is 3.20. The standard InChI is InChI=1S/C12H17NO5S2/c1-2-13(7-10-4-3-5-18-10)20(16,17)11-6-9(8-19-11)12(14)15/h6,8,10H,2-5,7H2,1H3,(H,14,15). The molecule has 20 heavy (non-hydrogen) atoms. The summed E-state index contributed by atoms with van der Waals surface area (Å²) in [5.41, 5.74) is 0.00162. The number of carboxylic acid groups (broad SMARTS) is 1. The van der Waals surface area contributed by atoms with E-state index in [1.54, 1.807) is 6.92 Å². The molecule has 1 aromatic heterocycles. The van der Waals surface area contributed by atoms with Crippen molar-refractivity contribution in [2.75, 3.05) is 19.7 Å². The molecular formula is C12H17NO5S2. The molecule has 6 nitrogen and oxygen atoms in total. The van der Waals surface area contributed by atoms with Crippen molar-refractivity contribution in [1.82, 2.24) is 4.31 Å². The second kappa shape index (κ2) is 6.21. The average molecular weight is 319 g/mol. The van der Waals surface area contributed by atoms with Crippen LogP contribution in [0.2, 0.25) is 0 Å². The molecule has 1 fully saturated rings. The summed E-state index contributed by atoms with van der Waals surface area (Å²) in [6.45, 7) is 3.09. The minimum atomic E-state index is -3.64. The molecule has 2 heterocycles. The Balaban J connectivity index is 2.18. The Morgan fingerprint density at radius 3 is 2.85 bits per heavy atom. The Bertz CT molecular complexity index is 574. The maximum absolute atomic E-state index is 12.5. The first kappa shape index (κ1) is 15.4.